The molecule has 4 heteroatoms. The van der Waals surface area contributed by atoms with E-state index < -0.39 is 0 Å². The maximum atomic E-state index is 13.1. The highest BCUT2D eigenvalue weighted by Crippen LogP contribution is 2.31. The van der Waals surface area contributed by atoms with Crippen LogP contribution in [0.1, 0.15) is 24.9 Å². The van der Waals surface area contributed by atoms with Crippen molar-refractivity contribution < 1.29 is 9.18 Å². The van der Waals surface area contributed by atoms with Crippen LogP contribution >= 0.6 is 0 Å². The smallest absolute Gasteiger partial charge is 0.224 e. The molecular formula is C12H15FN2O. The molecule has 1 aromatic carbocycles. The lowest BCUT2D eigenvalue weighted by Crippen LogP contribution is -2.32. The zero-order valence-electron chi connectivity index (χ0n) is 9.19. The molecule has 2 unspecified atom stereocenters. The lowest BCUT2D eigenvalue weighted by molar-refractivity contribution is -0.128. The van der Waals surface area contributed by atoms with Gasteiger partial charge in [-0.2, -0.15) is 0 Å². The second-order valence-electron chi connectivity index (χ2n) is 4.05. The molecule has 2 atom stereocenters. The third kappa shape index (κ3) is 1.80. The molecule has 0 aromatic heterocycles. The van der Waals surface area contributed by atoms with Crippen molar-refractivity contribution in [2.24, 2.45) is 5.73 Å². The van der Waals surface area contributed by atoms with Crippen LogP contribution < -0.4 is 5.73 Å². The first kappa shape index (κ1) is 11.1. The molecule has 0 saturated carbocycles. The van der Waals surface area contributed by atoms with Crippen LogP contribution in [0, 0.1) is 5.82 Å². The van der Waals surface area contributed by atoms with E-state index in [2.05, 4.69) is 0 Å². The Bertz CT molecular complexity index is 408. The van der Waals surface area contributed by atoms with Gasteiger partial charge in [-0.05, 0) is 24.6 Å². The van der Waals surface area contributed by atoms with Gasteiger partial charge in [0.1, 0.15) is 5.82 Å². The number of likely N-dealkylation sites (tertiary alicyclic amines) is 1. The molecule has 0 radical (unpaired) electrons. The van der Waals surface area contributed by atoms with Crippen molar-refractivity contribution in [1.29, 1.82) is 0 Å². The molecule has 0 spiro atoms. The van der Waals surface area contributed by atoms with E-state index in [1.807, 2.05) is 13.0 Å². The third-order valence-electron chi connectivity index (χ3n) is 3.00. The van der Waals surface area contributed by atoms with Gasteiger partial charge in [-0.25, -0.2) is 4.39 Å². The number of carbonyl (C=O) groups excluding carboxylic acids is 1. The predicted molar refractivity (Wildman–Crippen MR) is 59.1 cm³/mol. The van der Waals surface area contributed by atoms with Crippen LogP contribution in [0.15, 0.2) is 24.3 Å². The fourth-order valence-electron chi connectivity index (χ4n) is 2.31. The Kier molecular flexibility index (Phi) is 2.92. The summed E-state index contributed by atoms with van der Waals surface area (Å²) in [5.74, 6) is -0.246. The van der Waals surface area contributed by atoms with Gasteiger partial charge < -0.3 is 10.6 Å². The lowest BCUT2D eigenvalue weighted by atomic mass is 10.0. The Labute approximate surface area is 94.0 Å². The van der Waals surface area contributed by atoms with E-state index in [4.69, 9.17) is 5.73 Å². The van der Waals surface area contributed by atoms with E-state index in [0.717, 1.165) is 5.56 Å². The van der Waals surface area contributed by atoms with E-state index in [0.29, 0.717) is 13.0 Å². The first-order valence-corrected chi connectivity index (χ1v) is 5.44. The SMILES string of the molecule is CCN1C(=O)CC(N)C1c1cccc(F)c1. The average molecular weight is 222 g/mol. The van der Waals surface area contributed by atoms with E-state index in [1.54, 1.807) is 11.0 Å². The molecule has 1 aliphatic rings. The molecule has 16 heavy (non-hydrogen) atoms. The zero-order chi connectivity index (χ0) is 11.7. The number of hydrogen-bond acceptors (Lipinski definition) is 2. The second-order valence-corrected chi connectivity index (χ2v) is 4.05. The lowest BCUT2D eigenvalue weighted by Gasteiger charge is -2.25. The van der Waals surface area contributed by atoms with E-state index in [-0.39, 0.29) is 23.8 Å². The summed E-state index contributed by atoms with van der Waals surface area (Å²) in [7, 11) is 0. The molecular weight excluding hydrogens is 207 g/mol. The minimum Gasteiger partial charge on any atom is -0.334 e. The largest absolute Gasteiger partial charge is 0.334 e. The summed E-state index contributed by atoms with van der Waals surface area (Å²) < 4.78 is 13.1. The van der Waals surface area contributed by atoms with E-state index in [9.17, 15) is 9.18 Å². The topological polar surface area (TPSA) is 46.3 Å². The standard InChI is InChI=1S/C12H15FN2O/c1-2-15-11(16)7-10(14)12(15)8-4-3-5-9(13)6-8/h3-6,10,12H,2,7,14H2,1H3. The van der Waals surface area contributed by atoms with Gasteiger partial charge in [0.2, 0.25) is 5.91 Å². The van der Waals surface area contributed by atoms with Gasteiger partial charge in [-0.15, -0.1) is 0 Å². The molecule has 2 N–H and O–H groups in total. The molecule has 2 rings (SSSR count). The summed E-state index contributed by atoms with van der Waals surface area (Å²) in [4.78, 5) is 13.3. The Balaban J connectivity index is 2.35. The highest BCUT2D eigenvalue weighted by molar-refractivity contribution is 5.80. The fraction of sp³-hybridized carbons (Fsp3) is 0.417. The van der Waals surface area contributed by atoms with Crippen molar-refractivity contribution in [3.05, 3.63) is 35.6 Å². The number of nitrogens with zero attached hydrogens (tertiary/aromatic N) is 1. The van der Waals surface area contributed by atoms with Crippen molar-refractivity contribution in [3.8, 4) is 0 Å². The van der Waals surface area contributed by atoms with Crippen LogP contribution in [0.3, 0.4) is 0 Å². The predicted octanol–water partition coefficient (Wildman–Crippen LogP) is 1.45. The molecule has 1 aromatic rings. The van der Waals surface area contributed by atoms with Gasteiger partial charge in [-0.1, -0.05) is 12.1 Å². The van der Waals surface area contributed by atoms with Crippen LogP contribution in [0.25, 0.3) is 0 Å². The van der Waals surface area contributed by atoms with Gasteiger partial charge >= 0.3 is 0 Å². The monoisotopic (exact) mass is 222 g/mol. The molecule has 1 fully saturated rings. The van der Waals surface area contributed by atoms with E-state index >= 15 is 0 Å². The summed E-state index contributed by atoms with van der Waals surface area (Å²) in [6, 6.07) is 5.87. The third-order valence-corrected chi connectivity index (χ3v) is 3.00. The van der Waals surface area contributed by atoms with Gasteiger partial charge in [-0.3, -0.25) is 4.79 Å². The molecule has 3 nitrogen and oxygen atoms in total. The summed E-state index contributed by atoms with van der Waals surface area (Å²) in [6.07, 6.45) is 0.342. The maximum Gasteiger partial charge on any atom is 0.224 e. The van der Waals surface area contributed by atoms with Crippen LogP contribution in [0.2, 0.25) is 0 Å². The van der Waals surface area contributed by atoms with Gasteiger partial charge in [0.25, 0.3) is 0 Å². The van der Waals surface area contributed by atoms with Gasteiger partial charge in [0, 0.05) is 19.0 Å². The van der Waals surface area contributed by atoms with E-state index in [1.165, 1.54) is 12.1 Å². The Morgan fingerprint density at radius 1 is 1.56 bits per heavy atom. The first-order valence-electron chi connectivity index (χ1n) is 5.44. The number of carbonyl (C=O) groups is 1. The molecule has 0 aliphatic carbocycles. The Morgan fingerprint density at radius 3 is 2.94 bits per heavy atom. The normalized spacial score (nSPS) is 25.2. The number of amides is 1. The average Bonchev–Trinajstić information content (AvgIpc) is 2.52. The van der Waals surface area contributed by atoms with Crippen LogP contribution in [-0.4, -0.2) is 23.4 Å². The zero-order valence-corrected chi connectivity index (χ0v) is 9.19. The van der Waals surface area contributed by atoms with Crippen molar-refractivity contribution >= 4 is 5.91 Å². The van der Waals surface area contributed by atoms with Crippen molar-refractivity contribution in [1.82, 2.24) is 4.90 Å². The molecule has 0 bridgehead atoms. The fourth-order valence-corrected chi connectivity index (χ4v) is 2.31. The van der Waals surface area contributed by atoms with Crippen LogP contribution in [-0.2, 0) is 4.79 Å². The maximum absolute atomic E-state index is 13.1. The molecule has 1 heterocycles. The summed E-state index contributed by atoms with van der Waals surface area (Å²) in [6.45, 7) is 2.51. The molecule has 86 valence electrons. The quantitative estimate of drug-likeness (QED) is 0.823. The summed E-state index contributed by atoms with van der Waals surface area (Å²) >= 11 is 0. The number of nitrogens with two attached hydrogens (primary N) is 1. The minimum atomic E-state index is -0.292. The number of hydrogen-bond donors (Lipinski definition) is 1. The van der Waals surface area contributed by atoms with Crippen molar-refractivity contribution in [2.45, 2.75) is 25.4 Å². The number of rotatable bonds is 2. The first-order chi connectivity index (χ1) is 7.63. The highest BCUT2D eigenvalue weighted by atomic mass is 19.1. The minimum absolute atomic E-state index is 0.0456. The van der Waals surface area contributed by atoms with Gasteiger partial charge in [0.05, 0.1) is 6.04 Å². The summed E-state index contributed by atoms with van der Waals surface area (Å²) in [5, 5.41) is 0. The molecule has 1 amide bonds. The Morgan fingerprint density at radius 2 is 2.31 bits per heavy atom. The highest BCUT2D eigenvalue weighted by Gasteiger charge is 2.37. The summed E-state index contributed by atoms with van der Waals surface area (Å²) in [5.41, 5.74) is 6.71. The van der Waals surface area contributed by atoms with Crippen LogP contribution in [0.5, 0.6) is 0 Å². The second kappa shape index (κ2) is 4.22. The van der Waals surface area contributed by atoms with Crippen LogP contribution in [0.4, 0.5) is 4.39 Å². The molecule has 1 saturated heterocycles. The number of halogens is 1. The van der Waals surface area contributed by atoms with Crippen molar-refractivity contribution in [2.75, 3.05) is 6.54 Å². The Hall–Kier alpha value is -1.42. The number of benzene rings is 1. The van der Waals surface area contributed by atoms with Crippen molar-refractivity contribution in [3.63, 3.8) is 0 Å². The van der Waals surface area contributed by atoms with Gasteiger partial charge in [0.15, 0.2) is 0 Å². The molecule has 1 aliphatic heterocycles. The number of likely N-dealkylation sites (N-methyl/N-ethyl adjacent to an activating group) is 1.